The maximum absolute atomic E-state index is 5.32. The number of hydrogen-bond acceptors (Lipinski definition) is 3. The van der Waals surface area contributed by atoms with Crippen LogP contribution in [-0.2, 0) is 0 Å². The highest BCUT2D eigenvalue weighted by atomic mass is 32.1. The molecule has 3 nitrogen and oxygen atoms in total. The number of aromatic nitrogens is 2. The SMILES string of the molecule is COc1ccccc1-c1nc(C)c(C)[nH]c1=S. The second-order valence-electron chi connectivity index (χ2n) is 3.83. The number of ether oxygens (including phenoxy) is 1. The first-order valence-electron chi connectivity index (χ1n) is 5.34. The Kier molecular flexibility index (Phi) is 3.24. The average Bonchev–Trinajstić information content (AvgIpc) is 2.34. The van der Waals surface area contributed by atoms with Gasteiger partial charge in [0.2, 0.25) is 0 Å². The van der Waals surface area contributed by atoms with Gasteiger partial charge < -0.3 is 9.72 Å². The molecule has 0 bridgehead atoms. The van der Waals surface area contributed by atoms with Crippen molar-refractivity contribution in [2.45, 2.75) is 13.8 Å². The Balaban J connectivity index is 2.69. The minimum absolute atomic E-state index is 0.637. The van der Waals surface area contributed by atoms with Crippen LogP contribution < -0.4 is 4.74 Å². The van der Waals surface area contributed by atoms with Crippen LogP contribution in [0.3, 0.4) is 0 Å². The van der Waals surface area contributed by atoms with Crippen LogP contribution in [-0.4, -0.2) is 17.1 Å². The van der Waals surface area contributed by atoms with Gasteiger partial charge in [0, 0.05) is 11.3 Å². The molecule has 0 aliphatic heterocycles. The zero-order valence-corrected chi connectivity index (χ0v) is 10.9. The van der Waals surface area contributed by atoms with E-state index in [0.717, 1.165) is 28.4 Å². The summed E-state index contributed by atoms with van der Waals surface area (Å²) < 4.78 is 5.96. The molecule has 0 amide bonds. The number of H-pyrrole nitrogens is 1. The maximum Gasteiger partial charge on any atom is 0.130 e. The summed E-state index contributed by atoms with van der Waals surface area (Å²) in [6, 6.07) is 7.74. The van der Waals surface area contributed by atoms with E-state index in [0.29, 0.717) is 4.64 Å². The number of methoxy groups -OCH3 is 1. The van der Waals surface area contributed by atoms with Crippen LogP contribution in [0.15, 0.2) is 24.3 Å². The molecule has 0 radical (unpaired) electrons. The Labute approximate surface area is 105 Å². The standard InChI is InChI=1S/C13H14N2OS/c1-8-9(2)15-13(17)12(14-8)10-6-4-5-7-11(10)16-3/h4-7H,1-3H3,(H,15,17). The van der Waals surface area contributed by atoms with E-state index in [2.05, 4.69) is 9.97 Å². The van der Waals surface area contributed by atoms with Crippen LogP contribution >= 0.6 is 12.2 Å². The second-order valence-corrected chi connectivity index (χ2v) is 4.23. The molecule has 0 aliphatic carbocycles. The normalized spacial score (nSPS) is 10.3. The van der Waals surface area contributed by atoms with Crippen LogP contribution in [0.5, 0.6) is 5.75 Å². The number of nitrogens with zero attached hydrogens (tertiary/aromatic N) is 1. The summed E-state index contributed by atoms with van der Waals surface area (Å²) in [6.07, 6.45) is 0. The number of hydrogen-bond donors (Lipinski definition) is 1. The summed E-state index contributed by atoms with van der Waals surface area (Å²) >= 11 is 5.32. The fourth-order valence-electron chi connectivity index (χ4n) is 1.65. The lowest BCUT2D eigenvalue weighted by Gasteiger charge is -2.09. The number of benzene rings is 1. The minimum Gasteiger partial charge on any atom is -0.496 e. The molecule has 1 N–H and O–H groups in total. The van der Waals surface area contributed by atoms with Crippen molar-refractivity contribution < 1.29 is 4.74 Å². The number of nitrogens with one attached hydrogen (secondary N) is 1. The third kappa shape index (κ3) is 2.22. The topological polar surface area (TPSA) is 37.9 Å². The van der Waals surface area contributed by atoms with E-state index >= 15 is 0 Å². The van der Waals surface area contributed by atoms with Crippen LogP contribution in [0.4, 0.5) is 0 Å². The average molecular weight is 246 g/mol. The molecule has 1 heterocycles. The molecule has 0 saturated carbocycles. The monoisotopic (exact) mass is 246 g/mol. The Morgan fingerprint density at radius 1 is 1.24 bits per heavy atom. The first-order chi connectivity index (χ1) is 8.13. The van der Waals surface area contributed by atoms with Gasteiger partial charge in [-0.05, 0) is 26.0 Å². The number of para-hydroxylation sites is 1. The molecule has 0 unspecified atom stereocenters. The predicted octanol–water partition coefficient (Wildman–Crippen LogP) is 3.43. The Hall–Kier alpha value is -1.68. The van der Waals surface area contributed by atoms with E-state index < -0.39 is 0 Å². The summed E-state index contributed by atoms with van der Waals surface area (Å²) in [5, 5.41) is 0. The first kappa shape index (κ1) is 11.8. The summed E-state index contributed by atoms with van der Waals surface area (Å²) in [5.41, 5.74) is 3.62. The highest BCUT2D eigenvalue weighted by Crippen LogP contribution is 2.28. The van der Waals surface area contributed by atoms with Crippen molar-refractivity contribution in [3.05, 3.63) is 40.3 Å². The third-order valence-corrected chi connectivity index (χ3v) is 3.00. The molecule has 0 atom stereocenters. The summed E-state index contributed by atoms with van der Waals surface area (Å²) in [4.78, 5) is 7.69. The molecular weight excluding hydrogens is 232 g/mol. The van der Waals surface area contributed by atoms with Crippen LogP contribution in [0, 0.1) is 18.5 Å². The van der Waals surface area contributed by atoms with Gasteiger partial charge in [0.15, 0.2) is 0 Å². The molecule has 1 aromatic carbocycles. The highest BCUT2D eigenvalue weighted by molar-refractivity contribution is 7.71. The van der Waals surface area contributed by atoms with Crippen molar-refractivity contribution >= 4 is 12.2 Å². The van der Waals surface area contributed by atoms with Crippen LogP contribution in [0.2, 0.25) is 0 Å². The predicted molar refractivity (Wildman–Crippen MR) is 70.9 cm³/mol. The van der Waals surface area contributed by atoms with Crippen LogP contribution in [0.1, 0.15) is 11.4 Å². The lowest BCUT2D eigenvalue weighted by molar-refractivity contribution is 0.416. The Morgan fingerprint density at radius 2 is 1.94 bits per heavy atom. The fraction of sp³-hybridized carbons (Fsp3) is 0.231. The van der Waals surface area contributed by atoms with Gasteiger partial charge >= 0.3 is 0 Å². The van der Waals surface area contributed by atoms with E-state index in [-0.39, 0.29) is 0 Å². The van der Waals surface area contributed by atoms with Gasteiger partial charge in [0.05, 0.1) is 12.8 Å². The Morgan fingerprint density at radius 3 is 2.65 bits per heavy atom. The lowest BCUT2D eigenvalue weighted by atomic mass is 10.1. The molecule has 2 aromatic rings. The first-order valence-corrected chi connectivity index (χ1v) is 5.75. The van der Waals surface area contributed by atoms with E-state index in [1.54, 1.807) is 7.11 Å². The third-order valence-electron chi connectivity index (χ3n) is 2.70. The number of aryl methyl sites for hydroxylation is 2. The van der Waals surface area contributed by atoms with Gasteiger partial charge in [-0.3, -0.25) is 0 Å². The van der Waals surface area contributed by atoms with Gasteiger partial charge in [0.25, 0.3) is 0 Å². The molecular formula is C13H14N2OS. The second kappa shape index (κ2) is 4.67. The van der Waals surface area contributed by atoms with Gasteiger partial charge in [-0.15, -0.1) is 0 Å². The zero-order chi connectivity index (χ0) is 12.4. The summed E-state index contributed by atoms with van der Waals surface area (Å²) in [6.45, 7) is 3.92. The summed E-state index contributed by atoms with van der Waals surface area (Å²) in [7, 11) is 1.65. The van der Waals surface area contributed by atoms with Crippen molar-refractivity contribution in [1.82, 2.24) is 9.97 Å². The van der Waals surface area contributed by atoms with E-state index in [4.69, 9.17) is 17.0 Å². The fourth-order valence-corrected chi connectivity index (χ4v) is 1.95. The molecule has 2 rings (SSSR count). The largest absolute Gasteiger partial charge is 0.496 e. The van der Waals surface area contributed by atoms with E-state index in [1.165, 1.54) is 0 Å². The van der Waals surface area contributed by atoms with Gasteiger partial charge in [-0.1, -0.05) is 24.4 Å². The van der Waals surface area contributed by atoms with Gasteiger partial charge in [-0.2, -0.15) is 0 Å². The lowest BCUT2D eigenvalue weighted by Crippen LogP contribution is -1.97. The van der Waals surface area contributed by atoms with E-state index in [9.17, 15) is 0 Å². The Bertz CT molecular complexity index is 605. The van der Waals surface area contributed by atoms with Gasteiger partial charge in [-0.25, -0.2) is 4.98 Å². The zero-order valence-electron chi connectivity index (χ0n) is 10.1. The number of aromatic amines is 1. The van der Waals surface area contributed by atoms with Crippen molar-refractivity contribution in [3.8, 4) is 17.0 Å². The summed E-state index contributed by atoms with van der Waals surface area (Å²) in [5.74, 6) is 0.780. The van der Waals surface area contributed by atoms with E-state index in [1.807, 2.05) is 38.1 Å². The molecule has 0 aliphatic rings. The van der Waals surface area contributed by atoms with Crippen molar-refractivity contribution in [1.29, 1.82) is 0 Å². The van der Waals surface area contributed by atoms with Gasteiger partial charge in [0.1, 0.15) is 16.1 Å². The molecule has 4 heteroatoms. The van der Waals surface area contributed by atoms with Crippen LogP contribution in [0.25, 0.3) is 11.3 Å². The molecule has 0 spiro atoms. The number of rotatable bonds is 2. The van der Waals surface area contributed by atoms with Crippen molar-refractivity contribution in [2.75, 3.05) is 7.11 Å². The minimum atomic E-state index is 0.637. The molecule has 17 heavy (non-hydrogen) atoms. The highest BCUT2D eigenvalue weighted by Gasteiger charge is 2.09. The van der Waals surface area contributed by atoms with Crippen molar-refractivity contribution in [3.63, 3.8) is 0 Å². The quantitative estimate of drug-likeness (QED) is 0.825. The maximum atomic E-state index is 5.32. The smallest absolute Gasteiger partial charge is 0.130 e. The molecule has 0 saturated heterocycles. The molecule has 88 valence electrons. The van der Waals surface area contributed by atoms with Crippen molar-refractivity contribution in [2.24, 2.45) is 0 Å². The molecule has 1 aromatic heterocycles. The molecule has 0 fully saturated rings.